The number of amides is 1. The number of hydrogen-bond donors (Lipinski definition) is 1. The van der Waals surface area contributed by atoms with Crippen molar-refractivity contribution in [2.45, 2.75) is 50.8 Å². The number of benzene rings is 1. The summed E-state index contributed by atoms with van der Waals surface area (Å²) in [6.07, 6.45) is -0.175. The molecule has 7 nitrogen and oxygen atoms in total. The molecule has 0 aromatic heterocycles. The zero-order chi connectivity index (χ0) is 18.8. The van der Waals surface area contributed by atoms with Crippen molar-refractivity contribution >= 4 is 21.7 Å². The predicted octanol–water partition coefficient (Wildman–Crippen LogP) is 1.19. The highest BCUT2D eigenvalue weighted by atomic mass is 32.2. The lowest BCUT2D eigenvalue weighted by atomic mass is 10.2. The molecule has 2 rings (SSSR count). The number of ether oxygens (including phenoxy) is 1. The largest absolute Gasteiger partial charge is 0.372 e. The third-order valence-corrected chi connectivity index (χ3v) is 5.56. The molecule has 1 heterocycles. The lowest BCUT2D eigenvalue weighted by molar-refractivity contribution is -0.144. The molecule has 0 unspecified atom stereocenters. The molecular formula is C17H24N2O5S. The summed E-state index contributed by atoms with van der Waals surface area (Å²) in [4.78, 5) is 25.4. The monoisotopic (exact) mass is 368 g/mol. The highest BCUT2D eigenvalue weighted by molar-refractivity contribution is 7.89. The van der Waals surface area contributed by atoms with E-state index < -0.39 is 16.1 Å². The maximum Gasteiger partial charge on any atom is 0.241 e. The van der Waals surface area contributed by atoms with E-state index >= 15 is 0 Å². The summed E-state index contributed by atoms with van der Waals surface area (Å²) < 4.78 is 32.9. The van der Waals surface area contributed by atoms with Gasteiger partial charge in [0.05, 0.1) is 23.1 Å². The molecule has 25 heavy (non-hydrogen) atoms. The molecule has 0 saturated carbocycles. The Bertz CT molecular complexity index is 735. The number of ketones is 1. The number of carbonyl (C=O) groups excluding carboxylic acids is 2. The van der Waals surface area contributed by atoms with Crippen LogP contribution in [0.2, 0.25) is 0 Å². The van der Waals surface area contributed by atoms with E-state index in [1.165, 1.54) is 38.1 Å². The Hall–Kier alpha value is -1.77. The zero-order valence-electron chi connectivity index (χ0n) is 14.9. The fourth-order valence-corrected chi connectivity index (χ4v) is 4.05. The van der Waals surface area contributed by atoms with Gasteiger partial charge in [-0.3, -0.25) is 9.59 Å². The Morgan fingerprint density at radius 1 is 1.16 bits per heavy atom. The maximum atomic E-state index is 12.5. The lowest BCUT2D eigenvalue weighted by Gasteiger charge is -2.36. The molecule has 1 aromatic rings. The van der Waals surface area contributed by atoms with Gasteiger partial charge in [0, 0.05) is 18.7 Å². The molecule has 0 aliphatic carbocycles. The van der Waals surface area contributed by atoms with Crippen LogP contribution in [0, 0.1) is 0 Å². The van der Waals surface area contributed by atoms with Crippen LogP contribution in [0.5, 0.6) is 0 Å². The number of sulfonamides is 1. The third-order valence-electron chi connectivity index (χ3n) is 4.00. The first-order chi connectivity index (χ1) is 11.6. The van der Waals surface area contributed by atoms with Gasteiger partial charge in [-0.25, -0.2) is 8.42 Å². The molecule has 0 bridgehead atoms. The van der Waals surface area contributed by atoms with Crippen molar-refractivity contribution < 1.29 is 22.7 Å². The van der Waals surface area contributed by atoms with Crippen LogP contribution in [0.3, 0.4) is 0 Å². The van der Waals surface area contributed by atoms with E-state index in [2.05, 4.69) is 4.72 Å². The van der Waals surface area contributed by atoms with Crippen LogP contribution in [0.25, 0.3) is 0 Å². The average Bonchev–Trinajstić information content (AvgIpc) is 2.52. The number of morpholine rings is 1. The van der Waals surface area contributed by atoms with Crippen molar-refractivity contribution in [1.82, 2.24) is 9.62 Å². The van der Waals surface area contributed by atoms with E-state index in [9.17, 15) is 18.0 Å². The molecular weight excluding hydrogens is 344 g/mol. The third kappa shape index (κ3) is 4.87. The smallest absolute Gasteiger partial charge is 0.241 e. The molecule has 3 atom stereocenters. The van der Waals surface area contributed by atoms with E-state index in [4.69, 9.17) is 4.74 Å². The SMILES string of the molecule is CC(=O)c1ccc(S(=O)(=O)N[C@H](C)C(=O)N2C[C@@H](C)O[C@@H](C)C2)cc1. The number of nitrogens with zero attached hydrogens (tertiary/aromatic N) is 1. The lowest BCUT2D eigenvalue weighted by Crippen LogP contribution is -2.54. The van der Waals surface area contributed by atoms with Crippen molar-refractivity contribution in [3.63, 3.8) is 0 Å². The van der Waals surface area contributed by atoms with Gasteiger partial charge in [-0.1, -0.05) is 12.1 Å². The van der Waals surface area contributed by atoms with E-state index in [-0.39, 0.29) is 28.8 Å². The van der Waals surface area contributed by atoms with Gasteiger partial charge in [-0.2, -0.15) is 4.72 Å². The first-order valence-corrected chi connectivity index (χ1v) is 9.66. The zero-order valence-corrected chi connectivity index (χ0v) is 15.7. The first-order valence-electron chi connectivity index (χ1n) is 8.17. The minimum atomic E-state index is -3.85. The van der Waals surface area contributed by atoms with Crippen molar-refractivity contribution in [1.29, 1.82) is 0 Å². The Morgan fingerprint density at radius 2 is 1.68 bits per heavy atom. The van der Waals surface area contributed by atoms with E-state index in [1.54, 1.807) is 4.90 Å². The Balaban J connectivity index is 2.08. The minimum Gasteiger partial charge on any atom is -0.372 e. The number of Topliss-reactive ketones (excluding diaryl/α,β-unsaturated/α-hetero) is 1. The summed E-state index contributed by atoms with van der Waals surface area (Å²) in [5, 5.41) is 0. The van der Waals surface area contributed by atoms with Gasteiger partial charge in [-0.05, 0) is 39.8 Å². The molecule has 1 aliphatic heterocycles. The summed E-state index contributed by atoms with van der Waals surface area (Å²) in [5.41, 5.74) is 0.430. The van der Waals surface area contributed by atoms with Gasteiger partial charge in [0.25, 0.3) is 0 Å². The number of rotatable bonds is 5. The Morgan fingerprint density at radius 3 is 2.16 bits per heavy atom. The Labute approximate surface area is 148 Å². The molecule has 1 fully saturated rings. The first kappa shape index (κ1) is 19.6. The van der Waals surface area contributed by atoms with E-state index in [0.717, 1.165) is 0 Å². The van der Waals surface area contributed by atoms with Crippen molar-refractivity contribution in [3.05, 3.63) is 29.8 Å². The maximum absolute atomic E-state index is 12.5. The fourth-order valence-electron chi connectivity index (χ4n) is 2.85. The molecule has 1 N–H and O–H groups in total. The standard InChI is InChI=1S/C17H24N2O5S/c1-11-9-19(10-12(2)24-11)17(21)13(3)18-25(22,23)16-7-5-15(6-8-16)14(4)20/h5-8,11-13,18H,9-10H2,1-4H3/t11-,12+,13-/m1/s1. The van der Waals surface area contributed by atoms with Crippen molar-refractivity contribution in [2.75, 3.05) is 13.1 Å². The summed E-state index contributed by atoms with van der Waals surface area (Å²) in [5.74, 6) is -0.429. The van der Waals surface area contributed by atoms with Crippen LogP contribution < -0.4 is 4.72 Å². The molecule has 1 amide bonds. The van der Waals surface area contributed by atoms with Gasteiger partial charge < -0.3 is 9.64 Å². The Kier molecular flexibility index (Phi) is 5.97. The van der Waals surface area contributed by atoms with Gasteiger partial charge in [0.2, 0.25) is 15.9 Å². The fraction of sp³-hybridized carbons (Fsp3) is 0.529. The summed E-state index contributed by atoms with van der Waals surface area (Å²) in [6.45, 7) is 7.55. The van der Waals surface area contributed by atoms with E-state index in [0.29, 0.717) is 18.7 Å². The van der Waals surface area contributed by atoms with Crippen LogP contribution in [0.4, 0.5) is 0 Å². The summed E-state index contributed by atoms with van der Waals surface area (Å²) in [6, 6.07) is 4.73. The van der Waals surface area contributed by atoms with Gasteiger partial charge in [0.15, 0.2) is 5.78 Å². The van der Waals surface area contributed by atoms with Gasteiger partial charge >= 0.3 is 0 Å². The molecule has 1 aliphatic rings. The van der Waals surface area contributed by atoms with Crippen LogP contribution in [0.15, 0.2) is 29.2 Å². The molecule has 1 aromatic carbocycles. The predicted molar refractivity (Wildman–Crippen MR) is 92.8 cm³/mol. The quantitative estimate of drug-likeness (QED) is 0.788. The molecule has 138 valence electrons. The second kappa shape index (κ2) is 7.63. The van der Waals surface area contributed by atoms with Crippen molar-refractivity contribution in [2.24, 2.45) is 0 Å². The average molecular weight is 368 g/mol. The highest BCUT2D eigenvalue weighted by Gasteiger charge is 2.30. The van der Waals surface area contributed by atoms with E-state index in [1.807, 2.05) is 13.8 Å². The summed E-state index contributed by atoms with van der Waals surface area (Å²) in [7, 11) is -3.85. The van der Waals surface area contributed by atoms with Crippen LogP contribution in [-0.2, 0) is 19.6 Å². The van der Waals surface area contributed by atoms with Gasteiger partial charge in [-0.15, -0.1) is 0 Å². The molecule has 0 radical (unpaired) electrons. The molecule has 1 saturated heterocycles. The summed E-state index contributed by atoms with van der Waals surface area (Å²) >= 11 is 0. The number of nitrogens with one attached hydrogen (secondary N) is 1. The topological polar surface area (TPSA) is 92.8 Å². The number of hydrogen-bond acceptors (Lipinski definition) is 5. The van der Waals surface area contributed by atoms with Crippen LogP contribution in [0.1, 0.15) is 38.1 Å². The van der Waals surface area contributed by atoms with Gasteiger partial charge in [0.1, 0.15) is 0 Å². The van der Waals surface area contributed by atoms with Crippen molar-refractivity contribution in [3.8, 4) is 0 Å². The normalized spacial score (nSPS) is 22.5. The number of carbonyl (C=O) groups is 2. The second-order valence-corrected chi connectivity index (χ2v) is 8.14. The molecule has 8 heteroatoms. The van der Waals surface area contributed by atoms with Crippen LogP contribution in [-0.4, -0.2) is 56.3 Å². The highest BCUT2D eigenvalue weighted by Crippen LogP contribution is 2.14. The molecule has 0 spiro atoms. The van der Waals surface area contributed by atoms with Crippen LogP contribution >= 0.6 is 0 Å². The minimum absolute atomic E-state index is 0.0147. The second-order valence-electron chi connectivity index (χ2n) is 6.42.